The minimum atomic E-state index is -0.0320. The van der Waals surface area contributed by atoms with E-state index in [0.717, 1.165) is 24.9 Å². The van der Waals surface area contributed by atoms with Crippen molar-refractivity contribution < 1.29 is 9.59 Å². The number of amides is 2. The van der Waals surface area contributed by atoms with Gasteiger partial charge in [0, 0.05) is 36.7 Å². The molecular weight excluding hydrogens is 300 g/mol. The average Bonchev–Trinajstić information content (AvgIpc) is 2.53. The molecule has 0 aromatic heterocycles. The summed E-state index contributed by atoms with van der Waals surface area (Å²) >= 11 is 5.92. The highest BCUT2D eigenvalue weighted by Gasteiger charge is 2.23. The second kappa shape index (κ2) is 7.99. The van der Waals surface area contributed by atoms with Crippen LogP contribution in [0.25, 0.3) is 6.08 Å². The number of carbonyl (C=O) groups is 2. The highest BCUT2D eigenvalue weighted by Crippen LogP contribution is 2.14. The molecule has 1 fully saturated rings. The van der Waals surface area contributed by atoms with Crippen LogP contribution < -0.4 is 5.32 Å². The van der Waals surface area contributed by atoms with Gasteiger partial charge >= 0.3 is 0 Å². The van der Waals surface area contributed by atoms with Gasteiger partial charge in [-0.25, -0.2) is 0 Å². The Hall–Kier alpha value is -1.81. The van der Waals surface area contributed by atoms with Gasteiger partial charge in [-0.2, -0.15) is 0 Å². The Morgan fingerprint density at radius 3 is 3.00 bits per heavy atom. The predicted octanol–water partition coefficient (Wildman–Crippen LogP) is 2.87. The van der Waals surface area contributed by atoms with Crippen molar-refractivity contribution in [2.24, 2.45) is 0 Å². The standard InChI is InChI=1S/C17H21ClN2O2/c1-2-16(21)19-15-7-4-10-20(12-15)17(22)9-8-13-5-3-6-14(18)11-13/h3,5-6,8-9,11,15H,2,4,7,10,12H2,1H3,(H,19,21)/b9-8-/t15-/m1/s1. The molecule has 0 saturated carbocycles. The van der Waals surface area contributed by atoms with E-state index in [-0.39, 0.29) is 17.9 Å². The first-order valence-corrected chi connectivity index (χ1v) is 7.98. The molecule has 1 saturated heterocycles. The van der Waals surface area contributed by atoms with Crippen LogP contribution in [0, 0.1) is 0 Å². The lowest BCUT2D eigenvalue weighted by Crippen LogP contribution is -2.49. The predicted molar refractivity (Wildman–Crippen MR) is 88.5 cm³/mol. The summed E-state index contributed by atoms with van der Waals surface area (Å²) in [5.41, 5.74) is 0.897. The van der Waals surface area contributed by atoms with Crippen molar-refractivity contribution in [3.8, 4) is 0 Å². The topological polar surface area (TPSA) is 49.4 Å². The molecule has 1 aromatic carbocycles. The SMILES string of the molecule is CCC(=O)N[C@@H]1CCCN(C(=O)/C=C\c2cccc(Cl)c2)C1. The molecule has 1 aromatic rings. The van der Waals surface area contributed by atoms with Gasteiger partial charge in [-0.05, 0) is 36.6 Å². The van der Waals surface area contributed by atoms with E-state index in [1.807, 2.05) is 25.1 Å². The number of likely N-dealkylation sites (tertiary alicyclic amines) is 1. The Bertz CT molecular complexity index is 572. The number of benzene rings is 1. The summed E-state index contributed by atoms with van der Waals surface area (Å²) in [7, 11) is 0. The lowest BCUT2D eigenvalue weighted by Gasteiger charge is -2.32. The zero-order chi connectivity index (χ0) is 15.9. The number of carbonyl (C=O) groups excluding carboxylic acids is 2. The number of piperidine rings is 1. The van der Waals surface area contributed by atoms with Crippen molar-refractivity contribution in [2.75, 3.05) is 13.1 Å². The fraction of sp³-hybridized carbons (Fsp3) is 0.412. The summed E-state index contributed by atoms with van der Waals surface area (Å²) in [5.74, 6) is 0.00388. The lowest BCUT2D eigenvalue weighted by molar-refractivity contribution is -0.129. The molecule has 0 radical (unpaired) electrons. The fourth-order valence-electron chi connectivity index (χ4n) is 2.51. The van der Waals surface area contributed by atoms with Crippen molar-refractivity contribution in [3.05, 3.63) is 40.9 Å². The van der Waals surface area contributed by atoms with Gasteiger partial charge < -0.3 is 10.2 Å². The first kappa shape index (κ1) is 16.6. The summed E-state index contributed by atoms with van der Waals surface area (Å²) in [6.07, 6.45) is 5.64. The minimum Gasteiger partial charge on any atom is -0.352 e. The first-order chi connectivity index (χ1) is 10.6. The zero-order valence-electron chi connectivity index (χ0n) is 12.7. The number of nitrogens with one attached hydrogen (secondary N) is 1. The first-order valence-electron chi connectivity index (χ1n) is 7.60. The molecule has 0 unspecified atom stereocenters. The van der Waals surface area contributed by atoms with Gasteiger partial charge in [-0.1, -0.05) is 30.7 Å². The molecule has 1 heterocycles. The Balaban J connectivity index is 1.93. The maximum absolute atomic E-state index is 12.3. The second-order valence-electron chi connectivity index (χ2n) is 5.43. The van der Waals surface area contributed by atoms with Crippen LogP contribution in [0.3, 0.4) is 0 Å². The molecule has 22 heavy (non-hydrogen) atoms. The summed E-state index contributed by atoms with van der Waals surface area (Å²) in [4.78, 5) is 25.5. The fourth-order valence-corrected chi connectivity index (χ4v) is 2.71. The largest absolute Gasteiger partial charge is 0.352 e. The van der Waals surface area contributed by atoms with Crippen molar-refractivity contribution in [1.29, 1.82) is 0 Å². The van der Waals surface area contributed by atoms with Crippen LogP contribution in [0.1, 0.15) is 31.7 Å². The molecule has 0 bridgehead atoms. The monoisotopic (exact) mass is 320 g/mol. The molecule has 118 valence electrons. The van der Waals surface area contributed by atoms with Crippen molar-refractivity contribution in [3.63, 3.8) is 0 Å². The second-order valence-corrected chi connectivity index (χ2v) is 5.87. The Morgan fingerprint density at radius 1 is 1.45 bits per heavy atom. The molecule has 1 N–H and O–H groups in total. The highest BCUT2D eigenvalue weighted by molar-refractivity contribution is 6.30. The van der Waals surface area contributed by atoms with E-state index >= 15 is 0 Å². The normalized spacial score (nSPS) is 18.5. The smallest absolute Gasteiger partial charge is 0.246 e. The van der Waals surface area contributed by atoms with Crippen LogP contribution in [0.15, 0.2) is 30.3 Å². The maximum Gasteiger partial charge on any atom is 0.246 e. The van der Waals surface area contributed by atoms with E-state index in [9.17, 15) is 9.59 Å². The average molecular weight is 321 g/mol. The Kier molecular flexibility index (Phi) is 6.01. The Labute approximate surface area is 136 Å². The van der Waals surface area contributed by atoms with E-state index in [4.69, 9.17) is 11.6 Å². The molecule has 2 rings (SSSR count). The molecule has 1 atom stereocenters. The van der Waals surface area contributed by atoms with Crippen molar-refractivity contribution in [2.45, 2.75) is 32.2 Å². The van der Waals surface area contributed by atoms with E-state index in [1.54, 1.807) is 23.1 Å². The van der Waals surface area contributed by atoms with E-state index < -0.39 is 0 Å². The van der Waals surface area contributed by atoms with Crippen molar-refractivity contribution >= 4 is 29.5 Å². The number of hydrogen-bond donors (Lipinski definition) is 1. The minimum absolute atomic E-state index is 0.0320. The summed E-state index contributed by atoms with van der Waals surface area (Å²) in [5, 5.41) is 3.61. The highest BCUT2D eigenvalue weighted by atomic mass is 35.5. The molecule has 0 aliphatic carbocycles. The van der Waals surface area contributed by atoms with Gasteiger partial charge in [-0.15, -0.1) is 0 Å². The zero-order valence-corrected chi connectivity index (χ0v) is 13.5. The van der Waals surface area contributed by atoms with Crippen LogP contribution in [0.2, 0.25) is 5.02 Å². The number of halogens is 1. The van der Waals surface area contributed by atoms with Gasteiger partial charge in [0.15, 0.2) is 0 Å². The molecule has 1 aliphatic rings. The van der Waals surface area contributed by atoms with Gasteiger partial charge in [0.1, 0.15) is 0 Å². The van der Waals surface area contributed by atoms with Gasteiger partial charge in [-0.3, -0.25) is 9.59 Å². The Morgan fingerprint density at radius 2 is 2.27 bits per heavy atom. The maximum atomic E-state index is 12.3. The van der Waals surface area contributed by atoms with Crippen LogP contribution in [0.5, 0.6) is 0 Å². The van der Waals surface area contributed by atoms with Crippen LogP contribution in [-0.2, 0) is 9.59 Å². The van der Waals surface area contributed by atoms with Crippen LogP contribution in [-0.4, -0.2) is 35.8 Å². The van der Waals surface area contributed by atoms with E-state index in [0.29, 0.717) is 18.0 Å². The molecule has 4 nitrogen and oxygen atoms in total. The van der Waals surface area contributed by atoms with Crippen LogP contribution >= 0.6 is 11.6 Å². The van der Waals surface area contributed by atoms with Gasteiger partial charge in [0.05, 0.1) is 0 Å². The molecule has 2 amide bonds. The third-order valence-electron chi connectivity index (χ3n) is 3.69. The molecule has 1 aliphatic heterocycles. The summed E-state index contributed by atoms with van der Waals surface area (Å²) in [6.45, 7) is 3.14. The number of hydrogen-bond acceptors (Lipinski definition) is 2. The molecular formula is C17H21ClN2O2. The molecule has 0 spiro atoms. The van der Waals surface area contributed by atoms with Crippen molar-refractivity contribution in [1.82, 2.24) is 10.2 Å². The summed E-state index contributed by atoms with van der Waals surface area (Å²) in [6, 6.07) is 7.42. The molecule has 5 heteroatoms. The third-order valence-corrected chi connectivity index (χ3v) is 3.92. The number of nitrogens with zero attached hydrogens (tertiary/aromatic N) is 1. The number of rotatable bonds is 4. The lowest BCUT2D eigenvalue weighted by atomic mass is 10.1. The van der Waals surface area contributed by atoms with Crippen LogP contribution in [0.4, 0.5) is 0 Å². The van der Waals surface area contributed by atoms with E-state index in [1.165, 1.54) is 0 Å². The quantitative estimate of drug-likeness (QED) is 0.867. The summed E-state index contributed by atoms with van der Waals surface area (Å²) < 4.78 is 0. The third kappa shape index (κ3) is 4.88. The van der Waals surface area contributed by atoms with Gasteiger partial charge in [0.2, 0.25) is 11.8 Å². The van der Waals surface area contributed by atoms with E-state index in [2.05, 4.69) is 5.32 Å². The van der Waals surface area contributed by atoms with Gasteiger partial charge in [0.25, 0.3) is 0 Å².